The summed E-state index contributed by atoms with van der Waals surface area (Å²) in [7, 11) is 6.12. The monoisotopic (exact) mass is 449 g/mol. The van der Waals surface area contributed by atoms with Crippen LogP contribution in [0.15, 0.2) is 42.3 Å². The van der Waals surface area contributed by atoms with Gasteiger partial charge in [0.15, 0.2) is 6.54 Å². The molecule has 1 aromatic heterocycles. The molecule has 178 valence electrons. The molecule has 1 aromatic rings. The van der Waals surface area contributed by atoms with Gasteiger partial charge < -0.3 is 9.22 Å². The number of hydrogen-bond acceptors (Lipinski definition) is 3. The summed E-state index contributed by atoms with van der Waals surface area (Å²) in [6.45, 7) is 5.47. The van der Waals surface area contributed by atoms with E-state index in [0.717, 1.165) is 37.0 Å². The standard InChI is InChI=1S/C29H41N2O2/c1-28-14-12-22(33-27(32)19-31(3,4)5)17-21(28)8-9-23-25-11-10-24(20-7-6-16-30-18-20)29(25,2)15-13-26(23)28/h6-8,10,16,18,22-23,25-26H,9,11-15,17,19H2,1-5H3/q+1. The van der Waals surface area contributed by atoms with E-state index in [4.69, 9.17) is 4.74 Å². The van der Waals surface area contributed by atoms with Crippen LogP contribution in [0.25, 0.3) is 5.57 Å². The van der Waals surface area contributed by atoms with E-state index in [0.29, 0.717) is 11.0 Å². The van der Waals surface area contributed by atoms with Gasteiger partial charge in [-0.1, -0.05) is 37.6 Å². The summed E-state index contributed by atoms with van der Waals surface area (Å²) in [5, 5.41) is 0. The third-order valence-electron chi connectivity index (χ3n) is 9.51. The first-order valence-electron chi connectivity index (χ1n) is 12.9. The number of quaternary nitrogens is 1. The fourth-order valence-corrected chi connectivity index (χ4v) is 7.88. The SMILES string of the molecule is CC12CCC(OC(=O)C[N+](C)(C)C)CC1=CCC1C2CCC2(C)C(c3cccnc3)=CCC12. The molecule has 0 aliphatic heterocycles. The molecule has 2 fully saturated rings. The predicted molar refractivity (Wildman–Crippen MR) is 132 cm³/mol. The number of esters is 1. The summed E-state index contributed by atoms with van der Waals surface area (Å²) in [5.74, 6) is 2.17. The molecule has 0 saturated heterocycles. The summed E-state index contributed by atoms with van der Waals surface area (Å²) < 4.78 is 6.55. The maximum Gasteiger partial charge on any atom is 0.362 e. The largest absolute Gasteiger partial charge is 0.458 e. The van der Waals surface area contributed by atoms with Gasteiger partial charge in [-0.15, -0.1) is 0 Å². The van der Waals surface area contributed by atoms with Crippen molar-refractivity contribution in [3.63, 3.8) is 0 Å². The van der Waals surface area contributed by atoms with E-state index in [1.165, 1.54) is 36.8 Å². The molecule has 4 nitrogen and oxygen atoms in total. The van der Waals surface area contributed by atoms with Gasteiger partial charge in [-0.25, -0.2) is 4.79 Å². The molecule has 33 heavy (non-hydrogen) atoms. The average Bonchev–Trinajstić information content (AvgIpc) is 3.10. The minimum Gasteiger partial charge on any atom is -0.458 e. The molecule has 5 rings (SSSR count). The normalized spacial score (nSPS) is 37.8. The second kappa shape index (κ2) is 8.08. The van der Waals surface area contributed by atoms with Gasteiger partial charge in [0.05, 0.1) is 21.1 Å². The Balaban J connectivity index is 1.32. The molecule has 0 amide bonds. The molecule has 6 atom stereocenters. The highest BCUT2D eigenvalue weighted by molar-refractivity contribution is 5.72. The van der Waals surface area contributed by atoms with E-state index in [1.807, 2.05) is 33.5 Å². The van der Waals surface area contributed by atoms with Gasteiger partial charge in [0, 0.05) is 18.8 Å². The molecule has 6 unspecified atom stereocenters. The smallest absolute Gasteiger partial charge is 0.362 e. The third-order valence-corrected chi connectivity index (χ3v) is 9.51. The van der Waals surface area contributed by atoms with Gasteiger partial charge in [0.25, 0.3) is 0 Å². The molecule has 4 aliphatic carbocycles. The van der Waals surface area contributed by atoms with E-state index in [2.05, 4.69) is 43.1 Å². The number of pyridine rings is 1. The molecule has 4 aliphatic rings. The number of allylic oxidation sites excluding steroid dienone is 3. The van der Waals surface area contributed by atoms with Gasteiger partial charge >= 0.3 is 5.97 Å². The molecule has 2 saturated carbocycles. The number of ether oxygens (including phenoxy) is 1. The van der Waals surface area contributed by atoms with Crippen molar-refractivity contribution in [3.05, 3.63) is 47.8 Å². The lowest BCUT2D eigenvalue weighted by Gasteiger charge is -2.57. The second-order valence-electron chi connectivity index (χ2n) is 12.6. The predicted octanol–water partition coefficient (Wildman–Crippen LogP) is 5.66. The zero-order valence-corrected chi connectivity index (χ0v) is 21.1. The fraction of sp³-hybridized carbons (Fsp3) is 0.655. The molecule has 0 radical (unpaired) electrons. The first kappa shape index (κ1) is 22.8. The second-order valence-corrected chi connectivity index (χ2v) is 12.6. The lowest BCUT2D eigenvalue weighted by molar-refractivity contribution is -0.862. The van der Waals surface area contributed by atoms with Crippen LogP contribution in [-0.4, -0.2) is 49.2 Å². The Hall–Kier alpha value is -1.94. The lowest BCUT2D eigenvalue weighted by Crippen LogP contribution is -2.50. The maximum absolute atomic E-state index is 12.4. The molecule has 0 aromatic carbocycles. The van der Waals surface area contributed by atoms with Crippen LogP contribution < -0.4 is 0 Å². The molecule has 0 N–H and O–H groups in total. The zero-order valence-electron chi connectivity index (χ0n) is 21.1. The molecular weight excluding hydrogens is 408 g/mol. The molecule has 4 heteroatoms. The Morgan fingerprint density at radius 3 is 2.61 bits per heavy atom. The number of fused-ring (bicyclic) bond motifs is 5. The van der Waals surface area contributed by atoms with Crippen molar-refractivity contribution < 1.29 is 14.0 Å². The highest BCUT2D eigenvalue weighted by Crippen LogP contribution is 2.66. The Labute approximate surface area is 199 Å². The first-order chi connectivity index (χ1) is 15.6. The first-order valence-corrected chi connectivity index (χ1v) is 12.9. The quantitative estimate of drug-likeness (QED) is 0.338. The number of rotatable bonds is 4. The Morgan fingerprint density at radius 1 is 1.09 bits per heavy atom. The van der Waals surface area contributed by atoms with Gasteiger partial charge in [0.1, 0.15) is 6.10 Å². The zero-order chi connectivity index (χ0) is 23.4. The number of likely N-dealkylation sites (N-methyl/N-ethyl adjacent to an activating group) is 1. The summed E-state index contributed by atoms with van der Waals surface area (Å²) in [5.41, 5.74) is 4.95. The van der Waals surface area contributed by atoms with Gasteiger partial charge in [-0.2, -0.15) is 0 Å². The number of aromatic nitrogens is 1. The average molecular weight is 450 g/mol. The van der Waals surface area contributed by atoms with E-state index < -0.39 is 0 Å². The van der Waals surface area contributed by atoms with Crippen LogP contribution in [0.2, 0.25) is 0 Å². The van der Waals surface area contributed by atoms with E-state index in [9.17, 15) is 4.79 Å². The van der Waals surface area contributed by atoms with Crippen LogP contribution in [0, 0.1) is 28.6 Å². The number of carbonyl (C=O) groups is 1. The molecule has 0 spiro atoms. The van der Waals surface area contributed by atoms with Crippen LogP contribution in [-0.2, 0) is 9.53 Å². The Morgan fingerprint density at radius 2 is 1.88 bits per heavy atom. The van der Waals surface area contributed by atoms with Crippen molar-refractivity contribution >= 4 is 11.5 Å². The van der Waals surface area contributed by atoms with E-state index in [-0.39, 0.29) is 22.9 Å². The lowest BCUT2D eigenvalue weighted by atomic mass is 9.47. The van der Waals surface area contributed by atoms with Crippen molar-refractivity contribution in [1.29, 1.82) is 0 Å². The van der Waals surface area contributed by atoms with Crippen molar-refractivity contribution in [2.45, 2.75) is 64.9 Å². The van der Waals surface area contributed by atoms with Crippen LogP contribution in [0.4, 0.5) is 0 Å². The summed E-state index contributed by atoms with van der Waals surface area (Å²) >= 11 is 0. The third kappa shape index (κ3) is 3.99. The molecule has 1 heterocycles. The van der Waals surface area contributed by atoms with E-state index >= 15 is 0 Å². The highest BCUT2D eigenvalue weighted by Gasteiger charge is 2.57. The van der Waals surface area contributed by atoms with Crippen molar-refractivity contribution in [2.75, 3.05) is 27.7 Å². The van der Waals surface area contributed by atoms with Crippen LogP contribution in [0.1, 0.15) is 64.4 Å². The number of nitrogens with zero attached hydrogens (tertiary/aromatic N) is 2. The maximum atomic E-state index is 12.4. The summed E-state index contributed by atoms with van der Waals surface area (Å²) in [4.78, 5) is 16.8. The van der Waals surface area contributed by atoms with Gasteiger partial charge in [0.2, 0.25) is 0 Å². The van der Waals surface area contributed by atoms with Crippen LogP contribution >= 0.6 is 0 Å². The van der Waals surface area contributed by atoms with E-state index in [1.54, 1.807) is 5.57 Å². The number of hydrogen-bond donors (Lipinski definition) is 0. The minimum atomic E-state index is -0.0567. The van der Waals surface area contributed by atoms with Crippen LogP contribution in [0.3, 0.4) is 0 Å². The van der Waals surface area contributed by atoms with Crippen molar-refractivity contribution in [3.8, 4) is 0 Å². The van der Waals surface area contributed by atoms with Crippen molar-refractivity contribution in [2.24, 2.45) is 28.6 Å². The van der Waals surface area contributed by atoms with Gasteiger partial charge in [-0.3, -0.25) is 4.98 Å². The van der Waals surface area contributed by atoms with Crippen LogP contribution in [0.5, 0.6) is 0 Å². The summed E-state index contributed by atoms with van der Waals surface area (Å²) in [6, 6.07) is 4.31. The fourth-order valence-electron chi connectivity index (χ4n) is 7.88. The summed E-state index contributed by atoms with van der Waals surface area (Å²) in [6.07, 6.45) is 17.1. The topological polar surface area (TPSA) is 39.2 Å². The Kier molecular flexibility index (Phi) is 5.59. The Bertz CT molecular complexity index is 975. The van der Waals surface area contributed by atoms with Crippen molar-refractivity contribution in [1.82, 2.24) is 4.98 Å². The van der Waals surface area contributed by atoms with Gasteiger partial charge in [-0.05, 0) is 84.3 Å². The number of carbonyl (C=O) groups excluding carboxylic acids is 1. The minimum absolute atomic E-state index is 0.0547. The molecular formula is C29H41N2O2+. The highest BCUT2D eigenvalue weighted by atomic mass is 16.5. The molecule has 0 bridgehead atoms.